The van der Waals surface area contributed by atoms with E-state index in [-0.39, 0.29) is 0 Å². The first-order valence-electron chi connectivity index (χ1n) is 6.92. The first-order valence-corrected chi connectivity index (χ1v) is 8.18. The fraction of sp³-hybridized carbons (Fsp3) is 0.500. The number of halogens is 1. The monoisotopic (exact) mass is 308 g/mol. The Bertz CT molecular complexity index is 586. The Hall–Kier alpha value is -1.20. The van der Waals surface area contributed by atoms with E-state index in [1.807, 2.05) is 0 Å². The van der Waals surface area contributed by atoms with E-state index in [1.54, 1.807) is 23.9 Å². The summed E-state index contributed by atoms with van der Waals surface area (Å²) in [7, 11) is 0. The van der Waals surface area contributed by atoms with Crippen molar-refractivity contribution in [3.05, 3.63) is 33.6 Å². The normalized spacial score (nSPS) is 19.3. The van der Waals surface area contributed by atoms with Gasteiger partial charge in [0.25, 0.3) is 0 Å². The molecule has 1 aliphatic heterocycles. The number of anilines is 1. The molecular formula is C14H17ClN4S. The Morgan fingerprint density at radius 1 is 1.50 bits per heavy atom. The van der Waals surface area contributed by atoms with Crippen LogP contribution in [-0.4, -0.2) is 28.0 Å². The summed E-state index contributed by atoms with van der Waals surface area (Å²) in [5, 5.41) is 4.05. The van der Waals surface area contributed by atoms with E-state index >= 15 is 0 Å². The van der Waals surface area contributed by atoms with Gasteiger partial charge in [0, 0.05) is 24.4 Å². The molecule has 1 aliphatic rings. The zero-order chi connectivity index (χ0) is 13.9. The number of hydrogen-bond acceptors (Lipinski definition) is 5. The number of piperidine rings is 1. The van der Waals surface area contributed by atoms with E-state index in [4.69, 9.17) is 16.6 Å². The second-order valence-electron chi connectivity index (χ2n) is 5.01. The summed E-state index contributed by atoms with van der Waals surface area (Å²) in [5.74, 6) is 1.33. The molecule has 0 bridgehead atoms. The zero-order valence-electron chi connectivity index (χ0n) is 11.4. The smallest absolute Gasteiger partial charge is 0.150 e. The maximum absolute atomic E-state index is 6.20. The first-order chi connectivity index (χ1) is 9.78. The number of aromatic nitrogens is 3. The number of thiazole rings is 1. The molecule has 1 fully saturated rings. The molecule has 20 heavy (non-hydrogen) atoms. The van der Waals surface area contributed by atoms with Crippen molar-refractivity contribution in [2.75, 3.05) is 18.0 Å². The summed E-state index contributed by atoms with van der Waals surface area (Å²) in [4.78, 5) is 15.3. The van der Waals surface area contributed by atoms with Crippen molar-refractivity contribution in [3.63, 3.8) is 0 Å². The summed E-state index contributed by atoms with van der Waals surface area (Å²) >= 11 is 7.98. The Balaban J connectivity index is 1.78. The molecule has 3 heterocycles. The third-order valence-corrected chi connectivity index (χ3v) is 4.97. The molecule has 0 spiro atoms. The van der Waals surface area contributed by atoms with Crippen LogP contribution in [0.4, 0.5) is 5.82 Å². The molecule has 4 nitrogen and oxygen atoms in total. The summed E-state index contributed by atoms with van der Waals surface area (Å²) < 4.78 is 0. The topological polar surface area (TPSA) is 41.9 Å². The molecule has 0 radical (unpaired) electrons. The van der Waals surface area contributed by atoms with E-state index in [1.165, 1.54) is 17.1 Å². The van der Waals surface area contributed by atoms with Gasteiger partial charge in [-0.25, -0.2) is 15.0 Å². The van der Waals surface area contributed by atoms with Gasteiger partial charge in [0.2, 0.25) is 0 Å². The molecule has 0 saturated carbocycles. The van der Waals surface area contributed by atoms with Gasteiger partial charge < -0.3 is 4.90 Å². The van der Waals surface area contributed by atoms with E-state index in [2.05, 4.69) is 27.2 Å². The predicted octanol–water partition coefficient (Wildman–Crippen LogP) is 3.53. The lowest BCUT2D eigenvalue weighted by Crippen LogP contribution is -2.35. The van der Waals surface area contributed by atoms with Crippen molar-refractivity contribution < 1.29 is 0 Å². The van der Waals surface area contributed by atoms with Crippen molar-refractivity contribution in [2.45, 2.75) is 32.1 Å². The van der Waals surface area contributed by atoms with Crippen LogP contribution in [-0.2, 0) is 6.42 Å². The van der Waals surface area contributed by atoms with Gasteiger partial charge in [0.15, 0.2) is 5.82 Å². The van der Waals surface area contributed by atoms with Crippen LogP contribution < -0.4 is 4.90 Å². The van der Waals surface area contributed by atoms with Gasteiger partial charge in [0.05, 0.1) is 16.9 Å². The minimum atomic E-state index is 0.486. The second kappa shape index (κ2) is 6.06. The van der Waals surface area contributed by atoms with Crippen LogP contribution in [0, 0.1) is 0 Å². The van der Waals surface area contributed by atoms with Gasteiger partial charge in [0.1, 0.15) is 11.3 Å². The summed E-state index contributed by atoms with van der Waals surface area (Å²) in [6, 6.07) is 0. The molecular weight excluding hydrogens is 292 g/mol. The number of rotatable bonds is 3. The van der Waals surface area contributed by atoms with Gasteiger partial charge in [-0.2, -0.15) is 0 Å². The molecule has 0 amide bonds. The van der Waals surface area contributed by atoms with Crippen LogP contribution in [0.25, 0.3) is 0 Å². The standard InChI is InChI=1S/C14H17ClN4S/c1-2-11-8-20-14(18-11)10-4-3-5-19(7-10)13-12(15)6-16-9-17-13/h6,8-10H,2-5,7H2,1H3. The van der Waals surface area contributed by atoms with Crippen LogP contribution in [0.3, 0.4) is 0 Å². The quantitative estimate of drug-likeness (QED) is 0.870. The number of hydrogen-bond donors (Lipinski definition) is 0. The molecule has 3 rings (SSSR count). The lowest BCUT2D eigenvalue weighted by atomic mass is 9.99. The fourth-order valence-electron chi connectivity index (χ4n) is 2.58. The summed E-state index contributed by atoms with van der Waals surface area (Å²) in [5.41, 5.74) is 1.20. The highest BCUT2D eigenvalue weighted by molar-refractivity contribution is 7.09. The lowest BCUT2D eigenvalue weighted by Gasteiger charge is -2.32. The average Bonchev–Trinajstić information content (AvgIpc) is 2.97. The first kappa shape index (κ1) is 13.8. The van der Waals surface area contributed by atoms with Crippen LogP contribution in [0.5, 0.6) is 0 Å². The van der Waals surface area contributed by atoms with Crippen LogP contribution in [0.1, 0.15) is 36.4 Å². The molecule has 2 aromatic heterocycles. The van der Waals surface area contributed by atoms with Gasteiger partial charge in [-0.05, 0) is 19.3 Å². The fourth-order valence-corrected chi connectivity index (χ4v) is 3.84. The summed E-state index contributed by atoms with van der Waals surface area (Å²) in [6.45, 7) is 4.08. The zero-order valence-corrected chi connectivity index (χ0v) is 13.0. The SMILES string of the molecule is CCc1csc(C2CCCN(c3ncncc3Cl)C2)n1. The van der Waals surface area contributed by atoms with Gasteiger partial charge in [-0.1, -0.05) is 18.5 Å². The molecule has 106 valence electrons. The third-order valence-electron chi connectivity index (χ3n) is 3.65. The Morgan fingerprint density at radius 2 is 2.40 bits per heavy atom. The highest BCUT2D eigenvalue weighted by atomic mass is 35.5. The van der Waals surface area contributed by atoms with E-state index < -0.39 is 0 Å². The van der Waals surface area contributed by atoms with Crippen molar-refractivity contribution in [2.24, 2.45) is 0 Å². The van der Waals surface area contributed by atoms with Crippen LogP contribution >= 0.6 is 22.9 Å². The van der Waals surface area contributed by atoms with Crippen molar-refractivity contribution in [1.29, 1.82) is 0 Å². The van der Waals surface area contributed by atoms with E-state index in [0.717, 1.165) is 31.7 Å². The van der Waals surface area contributed by atoms with Crippen molar-refractivity contribution >= 4 is 28.8 Å². The molecule has 6 heteroatoms. The molecule has 0 aromatic carbocycles. The Kier molecular flexibility index (Phi) is 4.17. The average molecular weight is 309 g/mol. The maximum atomic E-state index is 6.20. The van der Waals surface area contributed by atoms with Crippen LogP contribution in [0.15, 0.2) is 17.9 Å². The maximum Gasteiger partial charge on any atom is 0.150 e. The minimum absolute atomic E-state index is 0.486. The highest BCUT2D eigenvalue weighted by Gasteiger charge is 2.25. The predicted molar refractivity (Wildman–Crippen MR) is 82.7 cm³/mol. The van der Waals surface area contributed by atoms with E-state index in [0.29, 0.717) is 10.9 Å². The number of nitrogens with zero attached hydrogens (tertiary/aromatic N) is 4. The van der Waals surface area contributed by atoms with E-state index in [9.17, 15) is 0 Å². The molecule has 2 aromatic rings. The summed E-state index contributed by atoms with van der Waals surface area (Å²) in [6.07, 6.45) is 6.56. The van der Waals surface area contributed by atoms with Gasteiger partial charge in [-0.15, -0.1) is 11.3 Å². The Labute approximate surface area is 127 Å². The lowest BCUT2D eigenvalue weighted by molar-refractivity contribution is 0.504. The number of aryl methyl sites for hydroxylation is 1. The van der Waals surface area contributed by atoms with Gasteiger partial charge >= 0.3 is 0 Å². The second-order valence-corrected chi connectivity index (χ2v) is 6.31. The highest BCUT2D eigenvalue weighted by Crippen LogP contribution is 2.33. The third kappa shape index (κ3) is 2.79. The molecule has 0 N–H and O–H groups in total. The largest absolute Gasteiger partial charge is 0.355 e. The molecule has 1 saturated heterocycles. The van der Waals surface area contributed by atoms with Crippen molar-refractivity contribution in [1.82, 2.24) is 15.0 Å². The van der Waals surface area contributed by atoms with Crippen molar-refractivity contribution in [3.8, 4) is 0 Å². The van der Waals surface area contributed by atoms with Crippen LogP contribution in [0.2, 0.25) is 5.02 Å². The molecule has 0 aliphatic carbocycles. The molecule has 1 atom stereocenters. The van der Waals surface area contributed by atoms with Gasteiger partial charge in [-0.3, -0.25) is 0 Å². The Morgan fingerprint density at radius 3 is 3.15 bits per heavy atom. The minimum Gasteiger partial charge on any atom is -0.355 e. The molecule has 1 unspecified atom stereocenters.